The number of carbonyl (C=O) groups is 1. The number of aromatic nitrogens is 5. The van der Waals surface area contributed by atoms with Gasteiger partial charge in [-0.3, -0.25) is 4.79 Å². The molecule has 0 bridgehead atoms. The molecule has 0 saturated carbocycles. The number of hydrogen-bond donors (Lipinski definition) is 2. The van der Waals surface area contributed by atoms with Crippen molar-refractivity contribution in [3.63, 3.8) is 0 Å². The highest BCUT2D eigenvalue weighted by atomic mass is 19.4. The first-order valence-corrected chi connectivity index (χ1v) is 10.8. The van der Waals surface area contributed by atoms with Gasteiger partial charge in [0.25, 0.3) is 5.91 Å². The molecular weight excluding hydrogens is 492 g/mol. The number of amides is 1. The number of para-hydroxylation sites is 1. The van der Waals surface area contributed by atoms with E-state index in [9.17, 15) is 27.5 Å². The highest BCUT2D eigenvalue weighted by Gasteiger charge is 2.36. The van der Waals surface area contributed by atoms with E-state index in [0.717, 1.165) is 6.07 Å². The Kier molecular flexibility index (Phi) is 6.09. The summed E-state index contributed by atoms with van der Waals surface area (Å²) in [7, 11) is 0. The Labute approximate surface area is 206 Å². The predicted octanol–water partition coefficient (Wildman–Crippen LogP) is 4.78. The number of fused-ring (bicyclic) bond motifs is 1. The summed E-state index contributed by atoms with van der Waals surface area (Å²) in [6, 6.07) is 14.2. The van der Waals surface area contributed by atoms with Gasteiger partial charge >= 0.3 is 6.18 Å². The van der Waals surface area contributed by atoms with E-state index in [0.29, 0.717) is 16.9 Å². The lowest BCUT2D eigenvalue weighted by Crippen LogP contribution is -2.19. The van der Waals surface area contributed by atoms with E-state index in [4.69, 9.17) is 0 Å². The summed E-state index contributed by atoms with van der Waals surface area (Å²) in [4.78, 5) is 25.2. The first-order chi connectivity index (χ1) is 17.8. The maximum atomic E-state index is 14.9. The Morgan fingerprint density at radius 1 is 1.00 bits per heavy atom. The first kappa shape index (κ1) is 24.0. The molecule has 37 heavy (non-hydrogen) atoms. The number of halogens is 4. The third-order valence-electron chi connectivity index (χ3n) is 5.43. The third-order valence-corrected chi connectivity index (χ3v) is 5.43. The average Bonchev–Trinajstić information content (AvgIpc) is 3.26. The molecule has 5 aromatic rings. The fourth-order valence-electron chi connectivity index (χ4n) is 3.74. The number of benzene rings is 2. The molecule has 186 valence electrons. The minimum absolute atomic E-state index is 0.0401. The molecule has 0 radical (unpaired) electrons. The van der Waals surface area contributed by atoms with Crippen LogP contribution < -0.4 is 5.32 Å². The van der Waals surface area contributed by atoms with Crippen LogP contribution >= 0.6 is 0 Å². The van der Waals surface area contributed by atoms with Gasteiger partial charge < -0.3 is 10.4 Å². The molecule has 3 heterocycles. The Bertz CT molecular complexity index is 1610. The van der Waals surface area contributed by atoms with Gasteiger partial charge in [0.2, 0.25) is 0 Å². The summed E-state index contributed by atoms with van der Waals surface area (Å²) >= 11 is 0. The normalized spacial score (nSPS) is 11.6. The lowest BCUT2D eigenvalue weighted by molar-refractivity contribution is -0.137. The van der Waals surface area contributed by atoms with Crippen molar-refractivity contribution >= 4 is 22.8 Å². The number of aliphatic hydroxyl groups is 1. The lowest BCUT2D eigenvalue weighted by Gasteiger charge is -2.15. The molecule has 2 N–H and O–H groups in total. The highest BCUT2D eigenvalue weighted by Crippen LogP contribution is 2.37. The van der Waals surface area contributed by atoms with Crippen LogP contribution in [0.25, 0.3) is 28.1 Å². The number of rotatable bonds is 5. The first-order valence-electron chi connectivity index (χ1n) is 10.8. The fourth-order valence-corrected chi connectivity index (χ4v) is 3.74. The van der Waals surface area contributed by atoms with Gasteiger partial charge in [0.05, 0.1) is 29.1 Å². The number of hydrogen-bond acceptors (Lipinski definition) is 6. The smallest absolute Gasteiger partial charge is 0.390 e. The number of nitrogens with zero attached hydrogens (tertiary/aromatic N) is 5. The van der Waals surface area contributed by atoms with Gasteiger partial charge in [0.1, 0.15) is 16.9 Å². The second kappa shape index (κ2) is 9.39. The molecule has 8 nitrogen and oxygen atoms in total. The standard InChI is InChI=1S/C25H16F4N6O2/c26-19-12-18(25(27,28)29)16(22-30-9-4-10-31-22)11-17(19)24(37)33-23-21-20(8-7-14(13-36)32-21)34-35(23)15-5-2-1-3-6-15/h1-12,36H,13H2,(H,33,37). The van der Waals surface area contributed by atoms with E-state index < -0.39 is 34.6 Å². The van der Waals surface area contributed by atoms with Crippen LogP contribution in [-0.2, 0) is 12.8 Å². The Morgan fingerprint density at radius 3 is 2.41 bits per heavy atom. The van der Waals surface area contributed by atoms with Crippen molar-refractivity contribution in [3.8, 4) is 17.1 Å². The molecule has 2 aromatic carbocycles. The van der Waals surface area contributed by atoms with Gasteiger partial charge in [-0.05, 0) is 42.5 Å². The second-order valence-electron chi connectivity index (χ2n) is 7.83. The van der Waals surface area contributed by atoms with Crippen molar-refractivity contribution in [2.24, 2.45) is 0 Å². The molecule has 1 amide bonds. The van der Waals surface area contributed by atoms with Crippen LogP contribution in [0.1, 0.15) is 21.6 Å². The van der Waals surface area contributed by atoms with E-state index in [-0.39, 0.29) is 29.8 Å². The van der Waals surface area contributed by atoms with E-state index in [1.807, 2.05) is 0 Å². The van der Waals surface area contributed by atoms with Crippen molar-refractivity contribution < 1.29 is 27.5 Å². The van der Waals surface area contributed by atoms with Crippen molar-refractivity contribution in [1.82, 2.24) is 24.7 Å². The van der Waals surface area contributed by atoms with E-state index >= 15 is 0 Å². The minimum Gasteiger partial charge on any atom is -0.390 e. The number of pyridine rings is 1. The van der Waals surface area contributed by atoms with Gasteiger partial charge in [-0.25, -0.2) is 24.0 Å². The van der Waals surface area contributed by atoms with Gasteiger partial charge in [0, 0.05) is 18.0 Å². The molecule has 0 fully saturated rings. The SMILES string of the molecule is O=C(Nc1c2nc(CO)ccc2nn1-c1ccccc1)c1cc(-c2ncccn2)c(C(F)(F)F)cc1F. The lowest BCUT2D eigenvalue weighted by atomic mass is 10.0. The van der Waals surface area contributed by atoms with Crippen LogP contribution in [0.5, 0.6) is 0 Å². The van der Waals surface area contributed by atoms with Crippen molar-refractivity contribution in [1.29, 1.82) is 0 Å². The summed E-state index contributed by atoms with van der Waals surface area (Å²) in [5, 5.41) is 16.5. The molecule has 0 unspecified atom stereocenters. The van der Waals surface area contributed by atoms with Crippen molar-refractivity contribution in [3.05, 3.63) is 95.7 Å². The van der Waals surface area contributed by atoms with E-state index in [2.05, 4.69) is 25.4 Å². The predicted molar refractivity (Wildman–Crippen MR) is 125 cm³/mol. The molecule has 0 aliphatic carbocycles. The Balaban J connectivity index is 1.64. The second-order valence-corrected chi connectivity index (χ2v) is 7.83. The molecule has 0 aliphatic rings. The van der Waals surface area contributed by atoms with Crippen LogP contribution in [-0.4, -0.2) is 35.7 Å². The van der Waals surface area contributed by atoms with Gasteiger partial charge in [-0.2, -0.15) is 18.3 Å². The topological polar surface area (TPSA) is 106 Å². The number of anilines is 1. The van der Waals surface area contributed by atoms with Crippen molar-refractivity contribution in [2.45, 2.75) is 12.8 Å². The van der Waals surface area contributed by atoms with Crippen LogP contribution in [0.3, 0.4) is 0 Å². The van der Waals surface area contributed by atoms with Crippen LogP contribution in [0, 0.1) is 5.82 Å². The molecule has 3 aromatic heterocycles. The van der Waals surface area contributed by atoms with Gasteiger partial charge in [-0.15, -0.1) is 0 Å². The molecule has 0 spiro atoms. The Hall–Kier alpha value is -4.71. The molecule has 0 aliphatic heterocycles. The Morgan fingerprint density at radius 2 is 1.73 bits per heavy atom. The maximum absolute atomic E-state index is 14.9. The molecule has 12 heteroatoms. The van der Waals surface area contributed by atoms with Gasteiger partial charge in [0.15, 0.2) is 11.6 Å². The fraction of sp³-hybridized carbons (Fsp3) is 0.0800. The quantitative estimate of drug-likeness (QED) is 0.331. The van der Waals surface area contributed by atoms with E-state index in [1.54, 1.807) is 42.5 Å². The van der Waals surface area contributed by atoms with Crippen LogP contribution in [0.15, 0.2) is 73.1 Å². The zero-order valence-corrected chi connectivity index (χ0v) is 18.7. The van der Waals surface area contributed by atoms with E-state index in [1.165, 1.54) is 23.1 Å². The summed E-state index contributed by atoms with van der Waals surface area (Å²) in [5.74, 6) is -2.71. The molecule has 0 atom stereocenters. The summed E-state index contributed by atoms with van der Waals surface area (Å²) < 4.78 is 57.3. The number of alkyl halides is 3. The monoisotopic (exact) mass is 508 g/mol. The van der Waals surface area contributed by atoms with Gasteiger partial charge in [-0.1, -0.05) is 18.2 Å². The summed E-state index contributed by atoms with van der Waals surface area (Å²) in [5.41, 5.74) is -1.15. The zero-order chi connectivity index (χ0) is 26.2. The number of carbonyl (C=O) groups excluding carboxylic acids is 1. The average molecular weight is 508 g/mol. The van der Waals surface area contributed by atoms with Crippen molar-refractivity contribution in [2.75, 3.05) is 5.32 Å². The van der Waals surface area contributed by atoms with Crippen LogP contribution in [0.2, 0.25) is 0 Å². The summed E-state index contributed by atoms with van der Waals surface area (Å²) in [6.07, 6.45) is -2.45. The minimum atomic E-state index is -4.92. The maximum Gasteiger partial charge on any atom is 0.417 e. The number of aliphatic hydroxyl groups excluding tert-OH is 1. The molecule has 5 rings (SSSR count). The molecular formula is C25H16F4N6O2. The summed E-state index contributed by atoms with van der Waals surface area (Å²) in [6.45, 7) is -0.381. The van der Waals surface area contributed by atoms with Crippen LogP contribution in [0.4, 0.5) is 23.4 Å². The third kappa shape index (κ3) is 4.61. The largest absolute Gasteiger partial charge is 0.417 e. The number of nitrogens with one attached hydrogen (secondary N) is 1. The highest BCUT2D eigenvalue weighted by molar-refractivity contribution is 6.08. The molecule has 0 saturated heterocycles. The zero-order valence-electron chi connectivity index (χ0n) is 18.7.